The number of hydrogen-bond donors (Lipinski definition) is 3. The number of amides is 1. The Morgan fingerprint density at radius 1 is 1.11 bits per heavy atom. The summed E-state index contributed by atoms with van der Waals surface area (Å²) in [4.78, 5) is 13.2. The van der Waals surface area contributed by atoms with Crippen molar-refractivity contribution in [1.82, 2.24) is 31.1 Å². The van der Waals surface area contributed by atoms with E-state index in [0.717, 1.165) is 21.3 Å². The van der Waals surface area contributed by atoms with Crippen molar-refractivity contribution in [3.8, 4) is 11.4 Å². The second-order valence-electron chi connectivity index (χ2n) is 5.64. The zero-order valence-electron chi connectivity index (χ0n) is 14.3. The van der Waals surface area contributed by atoms with Crippen molar-refractivity contribution in [1.29, 1.82) is 0 Å². The largest absolute Gasteiger partial charge is 0.331 e. The first kappa shape index (κ1) is 18.9. The number of carbonyl (C=O) groups is 1. The standard InChI is InChI=1S/C17H16BrN7OS/c1-11-2-8-14(9-3-11)19-17(27)22-20-15(26)10-25-23-16(21-24-25)12-4-6-13(18)7-5-12/h2-9H,10H2,1H3,(H,20,26)(H2,19,22,27). The van der Waals surface area contributed by atoms with Crippen LogP contribution in [0.2, 0.25) is 0 Å². The van der Waals surface area contributed by atoms with Gasteiger partial charge >= 0.3 is 0 Å². The Morgan fingerprint density at radius 2 is 1.81 bits per heavy atom. The number of tetrazole rings is 1. The Hall–Kier alpha value is -2.85. The minimum atomic E-state index is -0.359. The average Bonchev–Trinajstić information content (AvgIpc) is 3.11. The number of nitrogens with one attached hydrogen (secondary N) is 3. The van der Waals surface area contributed by atoms with Crippen LogP contribution in [0.25, 0.3) is 11.4 Å². The van der Waals surface area contributed by atoms with Crippen molar-refractivity contribution in [2.24, 2.45) is 0 Å². The number of aromatic nitrogens is 4. The SMILES string of the molecule is Cc1ccc(NC(=S)NNC(=O)Cn2nnc(-c3ccc(Br)cc3)n2)cc1. The molecule has 0 aliphatic heterocycles. The number of benzene rings is 2. The third-order valence-corrected chi connectivity index (χ3v) is 4.20. The highest BCUT2D eigenvalue weighted by molar-refractivity contribution is 9.10. The summed E-state index contributed by atoms with van der Waals surface area (Å²) in [5, 5.41) is 15.3. The van der Waals surface area contributed by atoms with E-state index in [0.29, 0.717) is 5.82 Å². The fraction of sp³-hybridized carbons (Fsp3) is 0.118. The minimum absolute atomic E-state index is 0.0936. The van der Waals surface area contributed by atoms with Gasteiger partial charge in [0.2, 0.25) is 5.82 Å². The molecule has 27 heavy (non-hydrogen) atoms. The quantitative estimate of drug-likeness (QED) is 0.419. The van der Waals surface area contributed by atoms with Gasteiger partial charge in [-0.25, -0.2) is 0 Å². The second-order valence-corrected chi connectivity index (χ2v) is 6.97. The molecule has 8 nitrogen and oxygen atoms in total. The first-order valence-corrected chi connectivity index (χ1v) is 9.16. The number of hydrogen-bond acceptors (Lipinski definition) is 5. The zero-order chi connectivity index (χ0) is 19.2. The molecule has 0 saturated carbocycles. The highest BCUT2D eigenvalue weighted by atomic mass is 79.9. The van der Waals surface area contributed by atoms with Crippen LogP contribution in [0.3, 0.4) is 0 Å². The van der Waals surface area contributed by atoms with E-state index in [1.165, 1.54) is 4.80 Å². The van der Waals surface area contributed by atoms with Crippen LogP contribution in [0.4, 0.5) is 5.69 Å². The summed E-state index contributed by atoms with van der Waals surface area (Å²) in [7, 11) is 0. The third kappa shape index (κ3) is 5.56. The number of hydrazine groups is 1. The molecule has 0 unspecified atom stereocenters. The topological polar surface area (TPSA) is 96.8 Å². The highest BCUT2D eigenvalue weighted by Crippen LogP contribution is 2.17. The molecule has 10 heteroatoms. The van der Waals surface area contributed by atoms with E-state index in [9.17, 15) is 4.79 Å². The maximum atomic E-state index is 12.0. The van der Waals surface area contributed by atoms with Crippen LogP contribution in [0.5, 0.6) is 0 Å². The van der Waals surface area contributed by atoms with E-state index in [-0.39, 0.29) is 17.6 Å². The molecule has 0 radical (unpaired) electrons. The molecule has 1 amide bonds. The third-order valence-electron chi connectivity index (χ3n) is 3.47. The molecule has 3 aromatic rings. The van der Waals surface area contributed by atoms with Crippen LogP contribution < -0.4 is 16.2 Å². The molecule has 1 heterocycles. The fourth-order valence-corrected chi connectivity index (χ4v) is 2.55. The highest BCUT2D eigenvalue weighted by Gasteiger charge is 2.09. The van der Waals surface area contributed by atoms with E-state index >= 15 is 0 Å². The molecule has 2 aromatic carbocycles. The van der Waals surface area contributed by atoms with Gasteiger partial charge in [-0.3, -0.25) is 15.6 Å². The van der Waals surface area contributed by atoms with Gasteiger partial charge < -0.3 is 5.32 Å². The smallest absolute Gasteiger partial charge is 0.262 e. The summed E-state index contributed by atoms with van der Waals surface area (Å²) in [5.74, 6) is 0.0858. The second kappa shape index (κ2) is 8.69. The van der Waals surface area contributed by atoms with Crippen molar-refractivity contribution < 1.29 is 4.79 Å². The van der Waals surface area contributed by atoms with E-state index in [1.807, 2.05) is 55.5 Å². The first-order chi connectivity index (χ1) is 13.0. The van der Waals surface area contributed by atoms with Gasteiger partial charge in [0.1, 0.15) is 6.54 Å². The average molecular weight is 446 g/mol. The number of carbonyl (C=O) groups excluding carboxylic acids is 1. The Kier molecular flexibility index (Phi) is 6.09. The van der Waals surface area contributed by atoms with Crippen LogP contribution in [-0.4, -0.2) is 31.2 Å². The predicted molar refractivity (Wildman–Crippen MR) is 110 cm³/mol. The Labute approximate surface area is 169 Å². The molecule has 0 bridgehead atoms. The number of halogens is 1. The van der Waals surface area contributed by atoms with Crippen LogP contribution >= 0.6 is 28.1 Å². The van der Waals surface area contributed by atoms with Gasteiger partial charge in [-0.1, -0.05) is 33.6 Å². The fourth-order valence-electron chi connectivity index (χ4n) is 2.12. The van der Waals surface area contributed by atoms with Gasteiger partial charge in [0.25, 0.3) is 5.91 Å². The van der Waals surface area contributed by atoms with Crippen molar-refractivity contribution in [2.75, 3.05) is 5.32 Å². The van der Waals surface area contributed by atoms with Gasteiger partial charge in [0.15, 0.2) is 5.11 Å². The van der Waals surface area contributed by atoms with Crippen LogP contribution in [-0.2, 0) is 11.3 Å². The minimum Gasteiger partial charge on any atom is -0.331 e. The van der Waals surface area contributed by atoms with Gasteiger partial charge in [-0.05, 0) is 60.8 Å². The van der Waals surface area contributed by atoms with Crippen LogP contribution in [0, 0.1) is 6.92 Å². The molecule has 3 rings (SSSR count). The van der Waals surface area contributed by atoms with Crippen molar-refractivity contribution in [3.05, 3.63) is 58.6 Å². The lowest BCUT2D eigenvalue weighted by molar-refractivity contribution is -0.122. The summed E-state index contributed by atoms with van der Waals surface area (Å²) >= 11 is 8.51. The number of thiocarbonyl (C=S) groups is 1. The van der Waals surface area contributed by atoms with E-state index in [1.54, 1.807) is 0 Å². The maximum absolute atomic E-state index is 12.0. The summed E-state index contributed by atoms with van der Waals surface area (Å²) in [6.07, 6.45) is 0. The van der Waals surface area contributed by atoms with Crippen molar-refractivity contribution in [2.45, 2.75) is 13.5 Å². The Balaban J connectivity index is 1.48. The molecule has 138 valence electrons. The summed E-state index contributed by atoms with van der Waals surface area (Å²) in [5.41, 5.74) is 7.91. The first-order valence-electron chi connectivity index (χ1n) is 7.96. The molecular formula is C17H16BrN7OS. The summed E-state index contributed by atoms with van der Waals surface area (Å²) in [6, 6.07) is 15.2. The summed E-state index contributed by atoms with van der Waals surface area (Å²) < 4.78 is 0.958. The lowest BCUT2D eigenvalue weighted by atomic mass is 10.2. The Bertz CT molecular complexity index is 941. The lowest BCUT2D eigenvalue weighted by Crippen LogP contribution is -2.45. The van der Waals surface area contributed by atoms with Crippen molar-refractivity contribution >= 4 is 44.9 Å². The van der Waals surface area contributed by atoms with Crippen LogP contribution in [0.15, 0.2) is 53.0 Å². The molecule has 1 aromatic heterocycles. The zero-order valence-corrected chi connectivity index (χ0v) is 16.7. The molecule has 0 spiro atoms. The summed E-state index contributed by atoms with van der Waals surface area (Å²) in [6.45, 7) is 1.91. The van der Waals surface area contributed by atoms with E-state index < -0.39 is 0 Å². The van der Waals surface area contributed by atoms with Crippen molar-refractivity contribution in [3.63, 3.8) is 0 Å². The number of anilines is 1. The number of nitrogens with zero attached hydrogens (tertiary/aromatic N) is 4. The molecule has 0 fully saturated rings. The molecule has 0 atom stereocenters. The van der Waals surface area contributed by atoms with Gasteiger partial charge in [0, 0.05) is 15.7 Å². The lowest BCUT2D eigenvalue weighted by Gasteiger charge is -2.11. The predicted octanol–water partition coefficient (Wildman–Crippen LogP) is 2.43. The monoisotopic (exact) mass is 445 g/mol. The maximum Gasteiger partial charge on any atom is 0.262 e. The molecule has 3 N–H and O–H groups in total. The normalized spacial score (nSPS) is 10.3. The van der Waals surface area contributed by atoms with Gasteiger partial charge in [-0.15, -0.1) is 10.2 Å². The number of rotatable bonds is 4. The molecule has 0 aliphatic carbocycles. The molecule has 0 saturated heterocycles. The van der Waals surface area contributed by atoms with Crippen LogP contribution in [0.1, 0.15) is 5.56 Å². The number of aryl methyl sites for hydroxylation is 1. The van der Waals surface area contributed by atoms with Gasteiger partial charge in [0.05, 0.1) is 0 Å². The Morgan fingerprint density at radius 3 is 2.52 bits per heavy atom. The van der Waals surface area contributed by atoms with E-state index in [4.69, 9.17) is 12.2 Å². The molecule has 0 aliphatic rings. The van der Waals surface area contributed by atoms with E-state index in [2.05, 4.69) is 47.5 Å². The van der Waals surface area contributed by atoms with Gasteiger partial charge in [-0.2, -0.15) is 4.80 Å². The molecular weight excluding hydrogens is 430 g/mol.